The van der Waals surface area contributed by atoms with E-state index in [1.807, 2.05) is 30.3 Å². The van der Waals surface area contributed by atoms with E-state index in [-0.39, 0.29) is 5.91 Å². The Morgan fingerprint density at radius 1 is 1.35 bits per heavy atom. The van der Waals surface area contributed by atoms with Crippen molar-refractivity contribution in [2.75, 3.05) is 17.7 Å². The minimum atomic E-state index is -0.165. The number of carbonyl (C=O) groups excluding carboxylic acids is 1. The smallest absolute Gasteiger partial charge is 0.263 e. The molecule has 1 aromatic carbocycles. The van der Waals surface area contributed by atoms with Gasteiger partial charge in [-0.1, -0.05) is 18.2 Å². The second-order valence-electron chi connectivity index (χ2n) is 3.77. The first-order valence-electron chi connectivity index (χ1n) is 5.22. The largest absolute Gasteiger partial charge is 0.383 e. The molecule has 88 valence electrons. The summed E-state index contributed by atoms with van der Waals surface area (Å²) in [4.78, 5) is 13.7. The molecule has 0 atom stereocenters. The fraction of sp³-hybridized carbons (Fsp3) is 0.167. The molecule has 0 radical (unpaired) electrons. The number of rotatable bonds is 2. The number of aromatic nitrogens is 2. The number of anilines is 2. The Morgan fingerprint density at radius 2 is 2.00 bits per heavy atom. The van der Waals surface area contributed by atoms with Crippen LogP contribution in [0, 0.1) is 0 Å². The van der Waals surface area contributed by atoms with E-state index in [0.29, 0.717) is 11.4 Å². The van der Waals surface area contributed by atoms with Crippen molar-refractivity contribution in [3.8, 4) is 0 Å². The van der Waals surface area contributed by atoms with E-state index in [1.165, 1.54) is 10.9 Å². The molecule has 0 aliphatic rings. The van der Waals surface area contributed by atoms with Crippen LogP contribution in [0.4, 0.5) is 11.5 Å². The van der Waals surface area contributed by atoms with Crippen molar-refractivity contribution in [1.29, 1.82) is 0 Å². The Bertz CT molecular complexity index is 533. The summed E-state index contributed by atoms with van der Waals surface area (Å²) in [5, 5.41) is 3.96. The molecule has 1 amide bonds. The van der Waals surface area contributed by atoms with Crippen molar-refractivity contribution in [3.05, 3.63) is 42.1 Å². The van der Waals surface area contributed by atoms with E-state index >= 15 is 0 Å². The summed E-state index contributed by atoms with van der Waals surface area (Å²) < 4.78 is 1.48. The lowest BCUT2D eigenvalue weighted by atomic mass is 10.2. The third-order valence-corrected chi connectivity index (χ3v) is 2.66. The molecule has 0 aliphatic heterocycles. The molecule has 2 rings (SSSR count). The zero-order valence-corrected chi connectivity index (χ0v) is 9.79. The van der Waals surface area contributed by atoms with Gasteiger partial charge >= 0.3 is 0 Å². The van der Waals surface area contributed by atoms with Crippen LogP contribution in [0.25, 0.3) is 0 Å². The molecule has 2 N–H and O–H groups in total. The van der Waals surface area contributed by atoms with Gasteiger partial charge in [-0.3, -0.25) is 9.48 Å². The highest BCUT2D eigenvalue weighted by molar-refractivity contribution is 6.08. The van der Waals surface area contributed by atoms with Gasteiger partial charge in [-0.15, -0.1) is 0 Å². The molecular formula is C12H14N4O. The van der Waals surface area contributed by atoms with Crippen LogP contribution in [0.3, 0.4) is 0 Å². The van der Waals surface area contributed by atoms with Gasteiger partial charge in [0.1, 0.15) is 11.4 Å². The maximum Gasteiger partial charge on any atom is 0.263 e. The summed E-state index contributed by atoms with van der Waals surface area (Å²) in [6.45, 7) is 0. The highest BCUT2D eigenvalue weighted by atomic mass is 16.2. The van der Waals surface area contributed by atoms with E-state index in [9.17, 15) is 4.79 Å². The van der Waals surface area contributed by atoms with E-state index in [1.54, 1.807) is 19.0 Å². The highest BCUT2D eigenvalue weighted by Gasteiger charge is 2.18. The first-order chi connectivity index (χ1) is 8.11. The molecule has 1 heterocycles. The maximum atomic E-state index is 12.2. The van der Waals surface area contributed by atoms with Crippen LogP contribution in [0.5, 0.6) is 0 Å². The summed E-state index contributed by atoms with van der Waals surface area (Å²) in [5.41, 5.74) is 7.01. The van der Waals surface area contributed by atoms with Gasteiger partial charge in [-0.05, 0) is 12.1 Å². The number of aryl methyl sites for hydroxylation is 1. The van der Waals surface area contributed by atoms with Crippen LogP contribution < -0.4 is 10.6 Å². The first kappa shape index (κ1) is 11.2. The number of nitrogen functional groups attached to an aromatic ring is 1. The van der Waals surface area contributed by atoms with Gasteiger partial charge in [0.25, 0.3) is 5.91 Å². The lowest BCUT2D eigenvalue weighted by Crippen LogP contribution is -2.26. The van der Waals surface area contributed by atoms with Crippen LogP contribution in [0.1, 0.15) is 10.4 Å². The molecule has 0 bridgehead atoms. The van der Waals surface area contributed by atoms with Gasteiger partial charge in [0.05, 0.1) is 6.20 Å². The SMILES string of the molecule is CN(C(=O)c1cnn(C)c1N)c1ccccc1. The molecule has 2 aromatic rings. The average molecular weight is 230 g/mol. The van der Waals surface area contributed by atoms with Crippen molar-refractivity contribution >= 4 is 17.4 Å². The number of amides is 1. The Balaban J connectivity index is 2.30. The van der Waals surface area contributed by atoms with Crippen molar-refractivity contribution < 1.29 is 4.79 Å². The lowest BCUT2D eigenvalue weighted by molar-refractivity contribution is 0.0994. The summed E-state index contributed by atoms with van der Waals surface area (Å²) >= 11 is 0. The van der Waals surface area contributed by atoms with Crippen LogP contribution >= 0.6 is 0 Å². The molecular weight excluding hydrogens is 216 g/mol. The maximum absolute atomic E-state index is 12.2. The number of hydrogen-bond acceptors (Lipinski definition) is 3. The summed E-state index contributed by atoms with van der Waals surface area (Å²) in [6.07, 6.45) is 1.48. The number of nitrogens with two attached hydrogens (primary N) is 1. The van der Waals surface area contributed by atoms with Gasteiger partial charge in [-0.25, -0.2) is 0 Å². The fourth-order valence-corrected chi connectivity index (χ4v) is 1.56. The molecule has 0 saturated heterocycles. The van der Waals surface area contributed by atoms with Gasteiger partial charge < -0.3 is 10.6 Å². The van der Waals surface area contributed by atoms with Gasteiger partial charge in [0.2, 0.25) is 0 Å². The van der Waals surface area contributed by atoms with Crippen molar-refractivity contribution in [3.63, 3.8) is 0 Å². The Hall–Kier alpha value is -2.30. The number of carbonyl (C=O) groups is 1. The lowest BCUT2D eigenvalue weighted by Gasteiger charge is -2.16. The number of para-hydroxylation sites is 1. The first-order valence-corrected chi connectivity index (χ1v) is 5.22. The molecule has 5 nitrogen and oxygen atoms in total. The predicted molar refractivity (Wildman–Crippen MR) is 66.8 cm³/mol. The topological polar surface area (TPSA) is 64.2 Å². The molecule has 0 saturated carbocycles. The molecule has 0 spiro atoms. The fourth-order valence-electron chi connectivity index (χ4n) is 1.56. The molecule has 1 aromatic heterocycles. The summed E-state index contributed by atoms with van der Waals surface area (Å²) in [6, 6.07) is 9.40. The summed E-state index contributed by atoms with van der Waals surface area (Å²) in [7, 11) is 3.42. The normalized spacial score (nSPS) is 10.2. The molecule has 17 heavy (non-hydrogen) atoms. The number of benzene rings is 1. The van der Waals surface area contributed by atoms with Crippen LogP contribution in [0.2, 0.25) is 0 Å². The van der Waals surface area contributed by atoms with E-state index < -0.39 is 0 Å². The minimum absolute atomic E-state index is 0.165. The minimum Gasteiger partial charge on any atom is -0.383 e. The van der Waals surface area contributed by atoms with Crippen LogP contribution in [0.15, 0.2) is 36.5 Å². The Morgan fingerprint density at radius 3 is 2.53 bits per heavy atom. The van der Waals surface area contributed by atoms with Crippen molar-refractivity contribution in [2.45, 2.75) is 0 Å². The third-order valence-electron chi connectivity index (χ3n) is 2.66. The molecule has 0 unspecified atom stereocenters. The highest BCUT2D eigenvalue weighted by Crippen LogP contribution is 2.17. The molecule has 0 fully saturated rings. The summed E-state index contributed by atoms with van der Waals surface area (Å²) in [5.74, 6) is 0.208. The predicted octanol–water partition coefficient (Wildman–Crippen LogP) is 1.28. The third kappa shape index (κ3) is 1.99. The quantitative estimate of drug-likeness (QED) is 0.845. The van der Waals surface area contributed by atoms with Crippen LogP contribution in [-0.2, 0) is 7.05 Å². The monoisotopic (exact) mass is 230 g/mol. The Labute approximate surface area is 99.5 Å². The van der Waals surface area contributed by atoms with E-state index in [4.69, 9.17) is 5.73 Å². The zero-order valence-electron chi connectivity index (χ0n) is 9.79. The second kappa shape index (κ2) is 4.29. The van der Waals surface area contributed by atoms with Crippen molar-refractivity contribution in [1.82, 2.24) is 9.78 Å². The van der Waals surface area contributed by atoms with Crippen molar-refractivity contribution in [2.24, 2.45) is 7.05 Å². The van der Waals surface area contributed by atoms with E-state index in [0.717, 1.165) is 5.69 Å². The number of nitrogens with zero attached hydrogens (tertiary/aromatic N) is 3. The zero-order chi connectivity index (χ0) is 12.4. The van der Waals surface area contributed by atoms with Gasteiger partial charge in [0, 0.05) is 19.8 Å². The van der Waals surface area contributed by atoms with Gasteiger partial charge in [-0.2, -0.15) is 5.10 Å². The van der Waals surface area contributed by atoms with Gasteiger partial charge in [0.15, 0.2) is 0 Å². The van der Waals surface area contributed by atoms with Crippen LogP contribution in [-0.4, -0.2) is 22.7 Å². The Kier molecular flexibility index (Phi) is 2.82. The number of hydrogen-bond donors (Lipinski definition) is 1. The molecule has 0 aliphatic carbocycles. The molecule has 5 heteroatoms. The van der Waals surface area contributed by atoms with E-state index in [2.05, 4.69) is 5.10 Å². The average Bonchev–Trinajstić information content (AvgIpc) is 2.69. The standard InChI is InChI=1S/C12H14N4O/c1-15(9-6-4-3-5-7-9)12(17)10-8-14-16(2)11(10)13/h3-8H,13H2,1-2H3. The second-order valence-corrected chi connectivity index (χ2v) is 3.77.